The number of rotatable bonds is 3. The van der Waals surface area contributed by atoms with Crippen molar-refractivity contribution in [1.29, 1.82) is 0 Å². The van der Waals surface area contributed by atoms with Crippen LogP contribution < -0.4 is 0 Å². The molecule has 0 amide bonds. The lowest BCUT2D eigenvalue weighted by Crippen LogP contribution is -2.00. The third-order valence-electron chi connectivity index (χ3n) is 1.25. The second kappa shape index (κ2) is 3.15. The highest BCUT2D eigenvalue weighted by atomic mass is 16.5. The monoisotopic (exact) mass is 140 g/mol. The molecule has 0 N–H and O–H groups in total. The predicted molar refractivity (Wildman–Crippen MR) is 34.0 cm³/mol. The molecule has 0 aromatic rings. The fraction of sp³-hybridized carbons (Fsp3) is 0.429. The Morgan fingerprint density at radius 1 is 1.50 bits per heavy atom. The molecule has 0 aliphatic heterocycles. The lowest BCUT2D eigenvalue weighted by Gasteiger charge is -1.91. The second-order valence-electron chi connectivity index (χ2n) is 2.18. The Bertz CT molecular complexity index is 168. The van der Waals surface area contributed by atoms with Gasteiger partial charge in [-0.25, -0.2) is 0 Å². The van der Waals surface area contributed by atoms with Gasteiger partial charge in [0.1, 0.15) is 6.29 Å². The fourth-order valence-corrected chi connectivity index (χ4v) is 0.554. The Labute approximate surface area is 58.7 Å². The van der Waals surface area contributed by atoms with Crippen LogP contribution in [0.1, 0.15) is 12.8 Å². The molecule has 0 atom stereocenters. The zero-order valence-electron chi connectivity index (χ0n) is 5.45. The van der Waals surface area contributed by atoms with Crippen LogP contribution in [0.2, 0.25) is 0 Å². The van der Waals surface area contributed by atoms with Crippen molar-refractivity contribution in [2.24, 2.45) is 5.92 Å². The minimum Gasteiger partial charge on any atom is -0.434 e. The number of esters is 1. The summed E-state index contributed by atoms with van der Waals surface area (Å²) in [5.41, 5.74) is 0. The van der Waals surface area contributed by atoms with Gasteiger partial charge in [0.2, 0.25) is 0 Å². The van der Waals surface area contributed by atoms with E-state index in [9.17, 15) is 9.59 Å². The van der Waals surface area contributed by atoms with Gasteiger partial charge in [-0.3, -0.25) is 9.59 Å². The maximum absolute atomic E-state index is 10.7. The molecule has 0 aromatic carbocycles. The third kappa shape index (κ3) is 2.01. The molecule has 1 saturated carbocycles. The highest BCUT2D eigenvalue weighted by Gasteiger charge is 2.30. The lowest BCUT2D eigenvalue weighted by molar-refractivity contribution is -0.139. The molecule has 1 rings (SSSR count). The van der Waals surface area contributed by atoms with Crippen LogP contribution in [-0.4, -0.2) is 12.3 Å². The Balaban J connectivity index is 2.17. The molecule has 1 aliphatic carbocycles. The molecule has 0 saturated heterocycles. The quantitative estimate of drug-likeness (QED) is 0.250. The van der Waals surface area contributed by atoms with E-state index in [-0.39, 0.29) is 11.9 Å². The molecule has 1 aliphatic rings. The van der Waals surface area contributed by atoms with Crippen LogP contribution in [0, 0.1) is 5.92 Å². The van der Waals surface area contributed by atoms with E-state index in [1.54, 1.807) is 0 Å². The molecule has 0 spiro atoms. The zero-order chi connectivity index (χ0) is 7.40. The number of aldehydes is 1. The largest absolute Gasteiger partial charge is 0.434 e. The first kappa shape index (κ1) is 6.99. The summed E-state index contributed by atoms with van der Waals surface area (Å²) in [6.07, 6.45) is 4.69. The van der Waals surface area contributed by atoms with Gasteiger partial charge in [0, 0.05) is 6.08 Å². The van der Waals surface area contributed by atoms with E-state index in [0.717, 1.165) is 25.2 Å². The highest BCUT2D eigenvalue weighted by Crippen LogP contribution is 2.29. The number of hydrogen-bond acceptors (Lipinski definition) is 3. The van der Waals surface area contributed by atoms with Crippen molar-refractivity contribution in [3.63, 3.8) is 0 Å². The van der Waals surface area contributed by atoms with Gasteiger partial charge in [-0.2, -0.15) is 0 Å². The van der Waals surface area contributed by atoms with E-state index in [1.807, 2.05) is 0 Å². The molecule has 3 heteroatoms. The maximum Gasteiger partial charge on any atom is 0.313 e. The summed E-state index contributed by atoms with van der Waals surface area (Å²) in [7, 11) is 0. The summed E-state index contributed by atoms with van der Waals surface area (Å²) in [6, 6.07) is 0. The Hall–Kier alpha value is -1.12. The van der Waals surface area contributed by atoms with Crippen molar-refractivity contribution in [3.05, 3.63) is 12.3 Å². The van der Waals surface area contributed by atoms with Gasteiger partial charge in [0.05, 0.1) is 12.2 Å². The molecule has 3 nitrogen and oxygen atoms in total. The molecular formula is C7H8O3. The van der Waals surface area contributed by atoms with Gasteiger partial charge in [-0.05, 0) is 12.8 Å². The van der Waals surface area contributed by atoms with Gasteiger partial charge < -0.3 is 4.74 Å². The summed E-state index contributed by atoms with van der Waals surface area (Å²) in [6.45, 7) is 0. The normalized spacial score (nSPS) is 17.2. The van der Waals surface area contributed by atoms with Crippen molar-refractivity contribution in [3.8, 4) is 0 Å². The molecule has 0 heterocycles. The Morgan fingerprint density at radius 3 is 2.70 bits per heavy atom. The first-order valence-electron chi connectivity index (χ1n) is 3.15. The third-order valence-corrected chi connectivity index (χ3v) is 1.25. The van der Waals surface area contributed by atoms with E-state index in [1.165, 1.54) is 0 Å². The number of hydrogen-bond donors (Lipinski definition) is 0. The minimum atomic E-state index is -0.224. The van der Waals surface area contributed by atoms with Crippen molar-refractivity contribution < 1.29 is 14.3 Å². The lowest BCUT2D eigenvalue weighted by atomic mass is 10.4. The number of carbonyl (C=O) groups excluding carboxylic acids is 2. The molecule has 54 valence electrons. The second-order valence-corrected chi connectivity index (χ2v) is 2.18. The van der Waals surface area contributed by atoms with Gasteiger partial charge >= 0.3 is 5.97 Å². The first-order valence-corrected chi connectivity index (χ1v) is 3.15. The van der Waals surface area contributed by atoms with Gasteiger partial charge in [0.25, 0.3) is 0 Å². The standard InChI is InChI=1S/C7H8O3/c8-4-1-5-10-7(9)6-2-3-6/h1,4-6H,2-3H2. The highest BCUT2D eigenvalue weighted by molar-refractivity contribution is 5.76. The van der Waals surface area contributed by atoms with Gasteiger partial charge in [-0.1, -0.05) is 0 Å². The molecule has 0 aromatic heterocycles. The van der Waals surface area contributed by atoms with Gasteiger partial charge in [-0.15, -0.1) is 0 Å². The Kier molecular flexibility index (Phi) is 2.20. The summed E-state index contributed by atoms with van der Waals surface area (Å²) in [4.78, 5) is 20.4. The summed E-state index contributed by atoms with van der Waals surface area (Å²) >= 11 is 0. The van der Waals surface area contributed by atoms with Crippen LogP contribution in [0.25, 0.3) is 0 Å². The maximum atomic E-state index is 10.7. The van der Waals surface area contributed by atoms with E-state index in [2.05, 4.69) is 4.74 Å². The summed E-state index contributed by atoms with van der Waals surface area (Å²) in [5, 5.41) is 0. The van der Waals surface area contributed by atoms with E-state index < -0.39 is 0 Å². The summed E-state index contributed by atoms with van der Waals surface area (Å²) < 4.78 is 4.56. The number of ether oxygens (including phenoxy) is 1. The average Bonchev–Trinajstić information content (AvgIpc) is 2.69. The topological polar surface area (TPSA) is 43.4 Å². The first-order chi connectivity index (χ1) is 4.84. The molecule has 10 heavy (non-hydrogen) atoms. The van der Waals surface area contributed by atoms with E-state index in [0.29, 0.717) is 6.29 Å². The van der Waals surface area contributed by atoms with Crippen LogP contribution in [-0.2, 0) is 14.3 Å². The smallest absolute Gasteiger partial charge is 0.313 e. The van der Waals surface area contributed by atoms with Crippen LogP contribution in [0.3, 0.4) is 0 Å². The SMILES string of the molecule is O=CC=COC(=O)C1CC1. The Morgan fingerprint density at radius 2 is 2.20 bits per heavy atom. The zero-order valence-corrected chi connectivity index (χ0v) is 5.45. The van der Waals surface area contributed by atoms with E-state index in [4.69, 9.17) is 0 Å². The minimum absolute atomic E-state index is 0.0938. The molecule has 0 bridgehead atoms. The van der Waals surface area contributed by atoms with Crippen molar-refractivity contribution in [2.75, 3.05) is 0 Å². The fourth-order valence-electron chi connectivity index (χ4n) is 0.554. The van der Waals surface area contributed by atoms with Crippen molar-refractivity contribution in [2.45, 2.75) is 12.8 Å². The predicted octanol–water partition coefficient (Wildman–Crippen LogP) is 0.652. The molecule has 0 unspecified atom stereocenters. The molecular weight excluding hydrogens is 132 g/mol. The van der Waals surface area contributed by atoms with Crippen LogP contribution >= 0.6 is 0 Å². The molecule has 0 radical (unpaired) electrons. The average molecular weight is 140 g/mol. The van der Waals surface area contributed by atoms with Crippen molar-refractivity contribution >= 4 is 12.3 Å². The van der Waals surface area contributed by atoms with Crippen LogP contribution in [0.5, 0.6) is 0 Å². The molecule has 1 fully saturated rings. The van der Waals surface area contributed by atoms with Crippen LogP contribution in [0.15, 0.2) is 12.3 Å². The van der Waals surface area contributed by atoms with Crippen molar-refractivity contribution in [1.82, 2.24) is 0 Å². The summed E-state index contributed by atoms with van der Waals surface area (Å²) in [5.74, 6) is -0.130. The van der Waals surface area contributed by atoms with E-state index >= 15 is 0 Å². The van der Waals surface area contributed by atoms with Gasteiger partial charge in [0.15, 0.2) is 0 Å². The number of allylic oxidation sites excluding steroid dienone is 1. The number of carbonyl (C=O) groups is 2. The van der Waals surface area contributed by atoms with Crippen LogP contribution in [0.4, 0.5) is 0 Å².